The van der Waals surface area contributed by atoms with E-state index >= 15 is 0 Å². The summed E-state index contributed by atoms with van der Waals surface area (Å²) < 4.78 is 0. The van der Waals surface area contributed by atoms with E-state index in [1.165, 1.54) is 0 Å². The van der Waals surface area contributed by atoms with Crippen molar-refractivity contribution in [1.82, 2.24) is 0 Å². The molecule has 1 aliphatic carbocycles. The lowest BCUT2D eigenvalue weighted by molar-refractivity contribution is -0.112. The SMILES string of the molecule is C=C(C)C(=O)Nc1cc(C)ccc1C(=O)C1=CCCC=C1. The van der Waals surface area contributed by atoms with Gasteiger partial charge in [-0.2, -0.15) is 0 Å². The van der Waals surface area contributed by atoms with Gasteiger partial charge in [-0.05, 0) is 44.4 Å². The predicted octanol–water partition coefficient (Wildman–Crippen LogP) is 3.97. The Hall–Kier alpha value is -2.42. The summed E-state index contributed by atoms with van der Waals surface area (Å²) in [5, 5.41) is 2.76. The van der Waals surface area contributed by atoms with Gasteiger partial charge in [-0.15, -0.1) is 0 Å². The number of Topliss-reactive ketones (excluding diaryl/α,β-unsaturated/α-hetero) is 1. The van der Waals surface area contributed by atoms with Gasteiger partial charge in [0.1, 0.15) is 0 Å². The van der Waals surface area contributed by atoms with Gasteiger partial charge < -0.3 is 5.32 Å². The summed E-state index contributed by atoms with van der Waals surface area (Å²) >= 11 is 0. The maximum absolute atomic E-state index is 12.6. The van der Waals surface area contributed by atoms with E-state index in [0.29, 0.717) is 22.4 Å². The average molecular weight is 281 g/mol. The number of carbonyl (C=O) groups excluding carboxylic acids is 2. The molecule has 21 heavy (non-hydrogen) atoms. The highest BCUT2D eigenvalue weighted by atomic mass is 16.2. The van der Waals surface area contributed by atoms with Crippen LogP contribution in [0.3, 0.4) is 0 Å². The fourth-order valence-electron chi connectivity index (χ4n) is 2.13. The Kier molecular flexibility index (Phi) is 4.53. The number of aryl methyl sites for hydroxylation is 1. The molecule has 0 saturated carbocycles. The van der Waals surface area contributed by atoms with Crippen molar-refractivity contribution in [1.29, 1.82) is 0 Å². The van der Waals surface area contributed by atoms with Crippen LogP contribution in [0, 0.1) is 6.92 Å². The molecule has 0 radical (unpaired) electrons. The molecule has 3 nitrogen and oxygen atoms in total. The van der Waals surface area contributed by atoms with Crippen molar-refractivity contribution in [2.45, 2.75) is 26.7 Å². The third-order valence-corrected chi connectivity index (χ3v) is 3.31. The Labute approximate surface area is 125 Å². The fourth-order valence-corrected chi connectivity index (χ4v) is 2.13. The van der Waals surface area contributed by atoms with Gasteiger partial charge in [0, 0.05) is 16.7 Å². The first-order valence-corrected chi connectivity index (χ1v) is 6.98. The molecule has 0 bridgehead atoms. The van der Waals surface area contributed by atoms with Crippen molar-refractivity contribution < 1.29 is 9.59 Å². The lowest BCUT2D eigenvalue weighted by Gasteiger charge is -2.13. The third-order valence-electron chi connectivity index (χ3n) is 3.31. The largest absolute Gasteiger partial charge is 0.322 e. The molecule has 0 unspecified atom stereocenters. The lowest BCUT2D eigenvalue weighted by atomic mass is 9.96. The first-order chi connectivity index (χ1) is 9.99. The van der Waals surface area contributed by atoms with Gasteiger partial charge in [0.25, 0.3) is 5.91 Å². The normalized spacial score (nSPS) is 13.5. The van der Waals surface area contributed by atoms with Gasteiger partial charge in [-0.25, -0.2) is 0 Å². The smallest absolute Gasteiger partial charge is 0.250 e. The molecule has 0 heterocycles. The molecule has 1 aromatic carbocycles. The molecule has 1 amide bonds. The van der Waals surface area contributed by atoms with Crippen LogP contribution in [0.2, 0.25) is 0 Å². The van der Waals surface area contributed by atoms with Crippen LogP contribution in [-0.2, 0) is 4.79 Å². The van der Waals surface area contributed by atoms with Crippen LogP contribution < -0.4 is 5.32 Å². The van der Waals surface area contributed by atoms with Crippen LogP contribution >= 0.6 is 0 Å². The topological polar surface area (TPSA) is 46.2 Å². The quantitative estimate of drug-likeness (QED) is 0.670. The number of hydrogen-bond acceptors (Lipinski definition) is 2. The second-order valence-corrected chi connectivity index (χ2v) is 5.25. The monoisotopic (exact) mass is 281 g/mol. The molecule has 1 aliphatic rings. The maximum atomic E-state index is 12.6. The van der Waals surface area contributed by atoms with Crippen molar-refractivity contribution in [3.63, 3.8) is 0 Å². The van der Waals surface area contributed by atoms with E-state index in [0.717, 1.165) is 18.4 Å². The highest BCUT2D eigenvalue weighted by Gasteiger charge is 2.17. The second-order valence-electron chi connectivity index (χ2n) is 5.25. The summed E-state index contributed by atoms with van der Waals surface area (Å²) in [5.41, 5.74) is 3.11. The molecular formula is C18H19NO2. The van der Waals surface area contributed by atoms with Gasteiger partial charge in [-0.3, -0.25) is 9.59 Å². The number of benzene rings is 1. The van der Waals surface area contributed by atoms with E-state index in [4.69, 9.17) is 0 Å². The average Bonchev–Trinajstić information content (AvgIpc) is 2.47. The Balaban J connectivity index is 2.36. The number of anilines is 1. The van der Waals surface area contributed by atoms with Crippen LogP contribution in [0.1, 0.15) is 35.7 Å². The van der Waals surface area contributed by atoms with Gasteiger partial charge in [0.15, 0.2) is 5.78 Å². The van der Waals surface area contributed by atoms with E-state index in [9.17, 15) is 9.59 Å². The lowest BCUT2D eigenvalue weighted by Crippen LogP contribution is -2.16. The molecule has 108 valence electrons. The first-order valence-electron chi connectivity index (χ1n) is 6.98. The standard InChI is InChI=1S/C18H19NO2/c1-12(2)18(21)19-16-11-13(3)9-10-15(16)17(20)14-7-5-4-6-8-14/h5,7-11H,1,4,6H2,2-3H3,(H,19,21). The van der Waals surface area contributed by atoms with Crippen molar-refractivity contribution >= 4 is 17.4 Å². The zero-order valence-electron chi connectivity index (χ0n) is 12.4. The summed E-state index contributed by atoms with van der Waals surface area (Å²) in [6.45, 7) is 7.18. The van der Waals surface area contributed by atoms with E-state index in [1.54, 1.807) is 19.1 Å². The minimum atomic E-state index is -0.275. The molecule has 0 aromatic heterocycles. The molecule has 3 heteroatoms. The number of amides is 1. The number of allylic oxidation sites excluding steroid dienone is 4. The van der Waals surface area contributed by atoms with E-state index in [1.807, 2.05) is 31.2 Å². The van der Waals surface area contributed by atoms with Gasteiger partial charge in [-0.1, -0.05) is 30.9 Å². The summed E-state index contributed by atoms with van der Waals surface area (Å²) in [4.78, 5) is 24.4. The Bertz CT molecular complexity index is 666. The maximum Gasteiger partial charge on any atom is 0.250 e. The van der Waals surface area contributed by atoms with Crippen LogP contribution in [0.15, 0.2) is 54.2 Å². The molecule has 0 atom stereocenters. The number of ketones is 1. The van der Waals surface area contributed by atoms with Crippen LogP contribution in [0.4, 0.5) is 5.69 Å². The van der Waals surface area contributed by atoms with Crippen LogP contribution in [-0.4, -0.2) is 11.7 Å². The number of carbonyl (C=O) groups is 2. The molecule has 0 spiro atoms. The van der Waals surface area contributed by atoms with E-state index < -0.39 is 0 Å². The zero-order chi connectivity index (χ0) is 15.4. The minimum Gasteiger partial charge on any atom is -0.322 e. The van der Waals surface area contributed by atoms with Gasteiger partial charge >= 0.3 is 0 Å². The molecule has 2 rings (SSSR count). The van der Waals surface area contributed by atoms with Crippen molar-refractivity contribution in [3.05, 3.63) is 65.3 Å². The van der Waals surface area contributed by atoms with Crippen molar-refractivity contribution in [3.8, 4) is 0 Å². The first kappa shape index (κ1) is 15.0. The third kappa shape index (κ3) is 3.57. The van der Waals surface area contributed by atoms with Crippen LogP contribution in [0.25, 0.3) is 0 Å². The molecular weight excluding hydrogens is 262 g/mol. The Morgan fingerprint density at radius 3 is 2.62 bits per heavy atom. The second kappa shape index (κ2) is 6.35. The fraction of sp³-hybridized carbons (Fsp3) is 0.222. The van der Waals surface area contributed by atoms with Crippen molar-refractivity contribution in [2.75, 3.05) is 5.32 Å². The molecule has 0 saturated heterocycles. The number of rotatable bonds is 4. The number of nitrogens with one attached hydrogen (secondary N) is 1. The minimum absolute atomic E-state index is 0.0667. The van der Waals surface area contributed by atoms with E-state index in [-0.39, 0.29) is 11.7 Å². The summed E-state index contributed by atoms with van der Waals surface area (Å²) in [6, 6.07) is 5.44. The van der Waals surface area contributed by atoms with Gasteiger partial charge in [0.05, 0.1) is 5.69 Å². The molecule has 1 N–H and O–H groups in total. The summed E-state index contributed by atoms with van der Waals surface area (Å²) in [5.74, 6) is -0.342. The predicted molar refractivity (Wildman–Crippen MR) is 85.4 cm³/mol. The summed E-state index contributed by atoms with van der Waals surface area (Å²) in [6.07, 6.45) is 7.61. The van der Waals surface area contributed by atoms with Gasteiger partial charge in [0.2, 0.25) is 0 Å². The highest BCUT2D eigenvalue weighted by molar-refractivity contribution is 6.16. The Morgan fingerprint density at radius 2 is 2.00 bits per heavy atom. The van der Waals surface area contributed by atoms with E-state index in [2.05, 4.69) is 11.9 Å². The summed E-state index contributed by atoms with van der Waals surface area (Å²) in [7, 11) is 0. The number of hydrogen-bond donors (Lipinski definition) is 1. The zero-order valence-corrected chi connectivity index (χ0v) is 12.4. The molecule has 0 aliphatic heterocycles. The van der Waals surface area contributed by atoms with Crippen molar-refractivity contribution in [2.24, 2.45) is 0 Å². The highest BCUT2D eigenvalue weighted by Crippen LogP contribution is 2.23. The van der Waals surface area contributed by atoms with Crippen LogP contribution in [0.5, 0.6) is 0 Å². The Morgan fingerprint density at radius 1 is 1.24 bits per heavy atom. The molecule has 0 fully saturated rings. The molecule has 1 aromatic rings.